The van der Waals surface area contributed by atoms with E-state index < -0.39 is 0 Å². The average molecular weight is 382 g/mol. The first-order chi connectivity index (χ1) is 13.2. The molecule has 1 aliphatic heterocycles. The van der Waals surface area contributed by atoms with Crippen LogP contribution in [0.1, 0.15) is 39.3 Å². The fraction of sp³-hybridized carbons (Fsp3) is 0.474. The molecule has 0 aromatic carbocycles. The van der Waals surface area contributed by atoms with Gasteiger partial charge in [-0.1, -0.05) is 0 Å². The Hall–Kier alpha value is -2.48. The summed E-state index contributed by atoms with van der Waals surface area (Å²) in [6.07, 6.45) is 6.02. The molecule has 27 heavy (non-hydrogen) atoms. The number of fused-ring (bicyclic) bond motifs is 2. The van der Waals surface area contributed by atoms with Crippen molar-refractivity contribution in [2.45, 2.75) is 32.6 Å². The molecule has 0 bridgehead atoms. The molecule has 0 atom stereocenters. The smallest absolute Gasteiger partial charge is 0.264 e. The highest BCUT2D eigenvalue weighted by Crippen LogP contribution is 2.30. The van der Waals surface area contributed by atoms with Gasteiger partial charge in [0.05, 0.1) is 10.6 Å². The number of carbonyl (C=O) groups is 1. The Kier molecular flexibility index (Phi) is 4.07. The number of carbonyl (C=O) groups excluding carboxylic acids is 1. The predicted octanol–water partition coefficient (Wildman–Crippen LogP) is 2.34. The molecule has 4 heterocycles. The van der Waals surface area contributed by atoms with E-state index >= 15 is 0 Å². The number of nitrogens with zero attached hydrogens (tertiary/aromatic N) is 6. The quantitative estimate of drug-likeness (QED) is 0.681. The third kappa shape index (κ3) is 2.79. The van der Waals surface area contributed by atoms with Gasteiger partial charge in [-0.25, -0.2) is 4.98 Å². The molecular weight excluding hydrogens is 360 g/mol. The summed E-state index contributed by atoms with van der Waals surface area (Å²) in [6, 6.07) is 2.01. The number of rotatable bonds is 2. The van der Waals surface area contributed by atoms with Crippen molar-refractivity contribution >= 4 is 28.8 Å². The van der Waals surface area contributed by atoms with E-state index in [-0.39, 0.29) is 5.91 Å². The maximum Gasteiger partial charge on any atom is 0.264 e. The number of aromatic nitrogens is 4. The molecule has 3 aromatic rings. The van der Waals surface area contributed by atoms with Crippen LogP contribution in [0.15, 0.2) is 17.8 Å². The van der Waals surface area contributed by atoms with Crippen LogP contribution in [0, 0.1) is 6.92 Å². The second kappa shape index (κ2) is 6.60. The van der Waals surface area contributed by atoms with Gasteiger partial charge in [0.25, 0.3) is 11.7 Å². The van der Waals surface area contributed by atoms with Crippen LogP contribution in [0.4, 0.5) is 5.82 Å². The largest absolute Gasteiger partial charge is 0.353 e. The zero-order chi connectivity index (χ0) is 18.4. The van der Waals surface area contributed by atoms with Crippen LogP contribution in [0.3, 0.4) is 0 Å². The SMILES string of the molecule is Cc1ccsc1C(=O)N1CCN(c2c3c(nc4ncnn24)CCCC3)CC1. The Morgan fingerprint density at radius 1 is 1.15 bits per heavy atom. The molecule has 1 saturated heterocycles. The van der Waals surface area contributed by atoms with Gasteiger partial charge in [0.1, 0.15) is 12.1 Å². The standard InChI is InChI=1S/C19H22N6OS/c1-13-6-11-27-16(13)18(26)24-9-7-23(8-10-24)17-14-4-2-3-5-15(14)22-19-20-12-21-25(17)19/h6,11-12H,2-5,7-10H2,1H3. The zero-order valence-corrected chi connectivity index (χ0v) is 16.2. The summed E-state index contributed by atoms with van der Waals surface area (Å²) in [7, 11) is 0. The van der Waals surface area contributed by atoms with Crippen LogP contribution >= 0.6 is 11.3 Å². The minimum atomic E-state index is 0.157. The first-order valence-electron chi connectivity index (χ1n) is 9.52. The number of hydrogen-bond acceptors (Lipinski definition) is 6. The number of thiophene rings is 1. The lowest BCUT2D eigenvalue weighted by Crippen LogP contribution is -2.49. The Morgan fingerprint density at radius 3 is 2.74 bits per heavy atom. The average Bonchev–Trinajstić information content (AvgIpc) is 3.34. The molecule has 3 aromatic heterocycles. The lowest BCUT2D eigenvalue weighted by atomic mass is 9.96. The summed E-state index contributed by atoms with van der Waals surface area (Å²) < 4.78 is 1.88. The van der Waals surface area contributed by atoms with Gasteiger partial charge in [0, 0.05) is 31.7 Å². The molecule has 0 N–H and O–H groups in total. The van der Waals surface area contributed by atoms with E-state index in [0.29, 0.717) is 5.78 Å². The molecule has 0 saturated carbocycles. The number of anilines is 1. The van der Waals surface area contributed by atoms with Gasteiger partial charge in [-0.3, -0.25) is 4.79 Å². The van der Waals surface area contributed by atoms with Crippen LogP contribution < -0.4 is 4.90 Å². The van der Waals surface area contributed by atoms with Crippen molar-refractivity contribution in [1.29, 1.82) is 0 Å². The van der Waals surface area contributed by atoms with Crippen LogP contribution in [0.2, 0.25) is 0 Å². The van der Waals surface area contributed by atoms with E-state index in [2.05, 4.69) is 15.0 Å². The highest BCUT2D eigenvalue weighted by Gasteiger charge is 2.28. The van der Waals surface area contributed by atoms with Crippen molar-refractivity contribution in [3.05, 3.63) is 39.5 Å². The molecule has 0 unspecified atom stereocenters. The zero-order valence-electron chi connectivity index (χ0n) is 15.4. The molecule has 1 amide bonds. The van der Waals surface area contributed by atoms with E-state index in [1.54, 1.807) is 6.33 Å². The van der Waals surface area contributed by atoms with Crippen molar-refractivity contribution < 1.29 is 4.79 Å². The predicted molar refractivity (Wildman–Crippen MR) is 105 cm³/mol. The summed E-state index contributed by atoms with van der Waals surface area (Å²) in [4.78, 5) is 27.0. The molecule has 1 aliphatic carbocycles. The number of amides is 1. The molecule has 0 radical (unpaired) electrons. The summed E-state index contributed by atoms with van der Waals surface area (Å²) in [6.45, 7) is 5.07. The third-order valence-electron chi connectivity index (χ3n) is 5.60. The van der Waals surface area contributed by atoms with Crippen LogP contribution in [-0.4, -0.2) is 56.6 Å². The topological polar surface area (TPSA) is 66.6 Å². The van der Waals surface area contributed by atoms with Gasteiger partial charge in [0.15, 0.2) is 0 Å². The van der Waals surface area contributed by atoms with Crippen molar-refractivity contribution in [3.63, 3.8) is 0 Å². The van der Waals surface area contributed by atoms with E-state index in [0.717, 1.165) is 55.3 Å². The van der Waals surface area contributed by atoms with Gasteiger partial charge >= 0.3 is 0 Å². The highest BCUT2D eigenvalue weighted by atomic mass is 32.1. The minimum Gasteiger partial charge on any atom is -0.353 e. The molecule has 140 valence electrons. The number of aryl methyl sites for hydroxylation is 2. The van der Waals surface area contributed by atoms with Gasteiger partial charge in [-0.15, -0.1) is 11.3 Å². The second-order valence-corrected chi connectivity index (χ2v) is 8.17. The summed E-state index contributed by atoms with van der Waals surface area (Å²) in [5.41, 5.74) is 3.55. The normalized spacial score (nSPS) is 17.4. The summed E-state index contributed by atoms with van der Waals surface area (Å²) in [5, 5.41) is 6.42. The van der Waals surface area contributed by atoms with Gasteiger partial charge < -0.3 is 9.80 Å². The first-order valence-corrected chi connectivity index (χ1v) is 10.4. The summed E-state index contributed by atoms with van der Waals surface area (Å²) >= 11 is 1.53. The van der Waals surface area contributed by atoms with Crippen molar-refractivity contribution in [2.75, 3.05) is 31.1 Å². The molecule has 2 aliphatic rings. The minimum absolute atomic E-state index is 0.157. The maximum atomic E-state index is 12.8. The van der Waals surface area contributed by atoms with Crippen LogP contribution in [-0.2, 0) is 12.8 Å². The monoisotopic (exact) mass is 382 g/mol. The van der Waals surface area contributed by atoms with E-state index in [1.807, 2.05) is 27.8 Å². The van der Waals surface area contributed by atoms with E-state index in [1.165, 1.54) is 35.4 Å². The molecular formula is C19H22N6OS. The number of hydrogen-bond donors (Lipinski definition) is 0. The molecule has 1 fully saturated rings. The van der Waals surface area contributed by atoms with E-state index in [9.17, 15) is 4.79 Å². The van der Waals surface area contributed by atoms with Crippen LogP contribution in [0.25, 0.3) is 5.78 Å². The van der Waals surface area contributed by atoms with Crippen molar-refractivity contribution in [3.8, 4) is 0 Å². The Balaban J connectivity index is 1.42. The maximum absolute atomic E-state index is 12.8. The first kappa shape index (κ1) is 16.7. The lowest BCUT2D eigenvalue weighted by Gasteiger charge is -2.37. The fourth-order valence-corrected chi connectivity index (χ4v) is 5.04. The van der Waals surface area contributed by atoms with Gasteiger partial charge in [-0.2, -0.15) is 14.6 Å². The number of piperazine rings is 1. The Labute approximate surface area is 161 Å². The van der Waals surface area contributed by atoms with Crippen molar-refractivity contribution in [1.82, 2.24) is 24.5 Å². The lowest BCUT2D eigenvalue weighted by molar-refractivity contribution is 0.0750. The Bertz CT molecular complexity index is 1000. The van der Waals surface area contributed by atoms with E-state index in [4.69, 9.17) is 4.98 Å². The third-order valence-corrected chi connectivity index (χ3v) is 6.60. The fourth-order valence-electron chi connectivity index (χ4n) is 4.14. The summed E-state index contributed by atoms with van der Waals surface area (Å²) in [5.74, 6) is 1.97. The molecule has 7 nitrogen and oxygen atoms in total. The van der Waals surface area contributed by atoms with Crippen LogP contribution in [0.5, 0.6) is 0 Å². The molecule has 5 rings (SSSR count). The van der Waals surface area contributed by atoms with Crippen molar-refractivity contribution in [2.24, 2.45) is 0 Å². The Morgan fingerprint density at radius 2 is 1.96 bits per heavy atom. The highest BCUT2D eigenvalue weighted by molar-refractivity contribution is 7.12. The van der Waals surface area contributed by atoms with Gasteiger partial charge in [-0.05, 0) is 49.6 Å². The molecule has 0 spiro atoms. The second-order valence-electron chi connectivity index (χ2n) is 7.25. The molecule has 8 heteroatoms. The van der Waals surface area contributed by atoms with Gasteiger partial charge in [0.2, 0.25) is 0 Å².